The molecule has 6 heteroatoms. The average Bonchev–Trinajstić information content (AvgIpc) is 3.66. The fourth-order valence-electron chi connectivity index (χ4n) is 4.99. The fourth-order valence-corrected chi connectivity index (χ4v) is 5.96. The number of nitrogens with zero attached hydrogens (tertiary/aromatic N) is 3. The third kappa shape index (κ3) is 4.69. The Bertz CT molecular complexity index is 1770. The molecule has 0 saturated carbocycles. The van der Waals surface area contributed by atoms with Crippen molar-refractivity contribution in [2.75, 3.05) is 20.6 Å². The summed E-state index contributed by atoms with van der Waals surface area (Å²) in [6.45, 7) is 7.23. The van der Waals surface area contributed by atoms with E-state index in [1.54, 1.807) is 11.3 Å². The largest absolute Gasteiger partial charge is 0.353 e. The van der Waals surface area contributed by atoms with Crippen LogP contribution in [0.25, 0.3) is 60.3 Å². The van der Waals surface area contributed by atoms with Gasteiger partial charge in [-0.25, -0.2) is 0 Å². The molecule has 0 radical (unpaired) electrons. The molecule has 0 aliphatic carbocycles. The van der Waals surface area contributed by atoms with Gasteiger partial charge in [-0.15, -0.1) is 11.3 Å². The molecule has 4 heterocycles. The Balaban J connectivity index is 1.37. The molecule has 0 aliphatic heterocycles. The molecule has 2 aromatic carbocycles. The minimum Gasteiger partial charge on any atom is -0.353 e. The zero-order valence-electron chi connectivity index (χ0n) is 22.0. The van der Waals surface area contributed by atoms with Crippen molar-refractivity contribution in [3.8, 4) is 33.0 Å². The SMILES string of the molecule is C=C(C)c1ccc(-c2cccc3[nH]c(-c4n[nH]c5ccc(-c6cncc(CCCN(C)C)c6)cc45)cc23)s1. The molecule has 0 spiro atoms. The van der Waals surface area contributed by atoms with Gasteiger partial charge in [-0.1, -0.05) is 24.8 Å². The summed E-state index contributed by atoms with van der Waals surface area (Å²) >= 11 is 1.78. The molecule has 0 amide bonds. The van der Waals surface area contributed by atoms with Crippen LogP contribution in [-0.2, 0) is 6.42 Å². The summed E-state index contributed by atoms with van der Waals surface area (Å²) in [4.78, 5) is 12.8. The van der Waals surface area contributed by atoms with Crippen molar-refractivity contribution in [1.29, 1.82) is 0 Å². The minimum absolute atomic E-state index is 0.924. The maximum Gasteiger partial charge on any atom is 0.116 e. The first-order valence-electron chi connectivity index (χ1n) is 12.9. The monoisotopic (exact) mass is 517 g/mol. The van der Waals surface area contributed by atoms with E-state index >= 15 is 0 Å². The quantitative estimate of drug-likeness (QED) is 0.215. The molecular formula is C32H31N5S. The summed E-state index contributed by atoms with van der Waals surface area (Å²) in [5.74, 6) is 0. The van der Waals surface area contributed by atoms with Gasteiger partial charge in [0.2, 0.25) is 0 Å². The van der Waals surface area contributed by atoms with Gasteiger partial charge >= 0.3 is 0 Å². The van der Waals surface area contributed by atoms with Gasteiger partial charge < -0.3 is 9.88 Å². The molecule has 6 aromatic rings. The Morgan fingerprint density at radius 1 is 0.947 bits per heavy atom. The molecule has 38 heavy (non-hydrogen) atoms. The molecule has 6 rings (SSSR count). The van der Waals surface area contributed by atoms with E-state index < -0.39 is 0 Å². The minimum atomic E-state index is 0.924. The van der Waals surface area contributed by atoms with Crippen molar-refractivity contribution < 1.29 is 0 Å². The first-order chi connectivity index (χ1) is 18.5. The smallest absolute Gasteiger partial charge is 0.116 e. The number of pyridine rings is 1. The van der Waals surface area contributed by atoms with Crippen LogP contribution < -0.4 is 0 Å². The van der Waals surface area contributed by atoms with Gasteiger partial charge in [-0.05, 0) is 99.6 Å². The number of benzene rings is 2. The first kappa shape index (κ1) is 24.3. The van der Waals surface area contributed by atoms with Gasteiger partial charge in [0.1, 0.15) is 5.69 Å². The van der Waals surface area contributed by atoms with E-state index in [1.165, 1.54) is 26.3 Å². The van der Waals surface area contributed by atoms with Crippen LogP contribution in [0.15, 0.2) is 79.6 Å². The van der Waals surface area contributed by atoms with Gasteiger partial charge in [0.05, 0.1) is 11.2 Å². The van der Waals surface area contributed by atoms with Gasteiger partial charge in [-0.3, -0.25) is 10.1 Å². The van der Waals surface area contributed by atoms with Crippen LogP contribution in [0.3, 0.4) is 0 Å². The van der Waals surface area contributed by atoms with Crippen LogP contribution in [0.4, 0.5) is 0 Å². The second kappa shape index (κ2) is 10.0. The predicted octanol–water partition coefficient (Wildman–Crippen LogP) is 8.03. The molecule has 0 unspecified atom stereocenters. The van der Waals surface area contributed by atoms with Crippen molar-refractivity contribution in [3.63, 3.8) is 0 Å². The van der Waals surface area contributed by atoms with Gasteiger partial charge in [-0.2, -0.15) is 5.10 Å². The van der Waals surface area contributed by atoms with Crippen molar-refractivity contribution in [2.24, 2.45) is 0 Å². The fraction of sp³-hybridized carbons (Fsp3) is 0.188. The summed E-state index contributed by atoms with van der Waals surface area (Å²) < 4.78 is 0. The number of hydrogen-bond donors (Lipinski definition) is 2. The lowest BCUT2D eigenvalue weighted by Crippen LogP contribution is -2.13. The van der Waals surface area contributed by atoms with Crippen molar-refractivity contribution >= 4 is 38.7 Å². The van der Waals surface area contributed by atoms with Crippen molar-refractivity contribution in [2.45, 2.75) is 19.8 Å². The molecule has 5 nitrogen and oxygen atoms in total. The number of H-pyrrole nitrogens is 2. The van der Waals surface area contributed by atoms with Crippen LogP contribution in [0, 0.1) is 0 Å². The Labute approximate surface area is 226 Å². The molecule has 0 fully saturated rings. The number of fused-ring (bicyclic) bond motifs is 2. The summed E-state index contributed by atoms with van der Waals surface area (Å²) in [5, 5.41) is 10.2. The van der Waals surface area contributed by atoms with Crippen molar-refractivity contribution in [3.05, 3.63) is 90.1 Å². The number of hydrogen-bond acceptors (Lipinski definition) is 4. The van der Waals surface area contributed by atoms with E-state index in [-0.39, 0.29) is 0 Å². The third-order valence-corrected chi connectivity index (χ3v) is 8.25. The molecule has 0 saturated heterocycles. The lowest BCUT2D eigenvalue weighted by molar-refractivity contribution is 0.400. The second-order valence-electron chi connectivity index (χ2n) is 10.2. The summed E-state index contributed by atoms with van der Waals surface area (Å²) in [7, 11) is 4.23. The maximum atomic E-state index is 4.71. The summed E-state index contributed by atoms with van der Waals surface area (Å²) in [6.07, 6.45) is 6.07. The van der Waals surface area contributed by atoms with E-state index in [0.29, 0.717) is 0 Å². The van der Waals surface area contributed by atoms with E-state index in [4.69, 9.17) is 5.10 Å². The van der Waals surface area contributed by atoms with E-state index in [0.717, 1.165) is 63.9 Å². The number of rotatable bonds is 8. The Kier molecular flexibility index (Phi) is 6.44. The molecule has 4 aromatic heterocycles. The van der Waals surface area contributed by atoms with Gasteiger partial charge in [0, 0.05) is 49.6 Å². The Morgan fingerprint density at radius 3 is 2.66 bits per heavy atom. The zero-order valence-corrected chi connectivity index (χ0v) is 22.8. The summed E-state index contributed by atoms with van der Waals surface area (Å²) in [5.41, 5.74) is 9.90. The Morgan fingerprint density at radius 2 is 1.84 bits per heavy atom. The number of aromatic amines is 2. The molecule has 0 atom stereocenters. The first-order valence-corrected chi connectivity index (χ1v) is 13.7. The lowest BCUT2D eigenvalue weighted by atomic mass is 10.0. The number of nitrogens with one attached hydrogen (secondary N) is 2. The standard InChI is InChI=1S/C32H31N5S/c1-20(2)30-12-13-31(38-30)24-8-5-9-27-25(24)17-29(34-27)32-26-16-22(10-11-28(26)35-36-32)23-15-21(18-33-19-23)7-6-14-37(3)4/h5,8-13,15-19,34H,1,6-7,14H2,2-4H3,(H,35,36). The lowest BCUT2D eigenvalue weighted by Gasteiger charge is -2.09. The normalized spacial score (nSPS) is 11.7. The third-order valence-electron chi connectivity index (χ3n) is 6.97. The number of allylic oxidation sites excluding steroid dienone is 1. The van der Waals surface area contributed by atoms with E-state index in [2.05, 4.69) is 108 Å². The molecule has 190 valence electrons. The van der Waals surface area contributed by atoms with Gasteiger partial charge in [0.15, 0.2) is 0 Å². The highest BCUT2D eigenvalue weighted by Gasteiger charge is 2.15. The van der Waals surface area contributed by atoms with Crippen LogP contribution in [-0.4, -0.2) is 45.7 Å². The van der Waals surface area contributed by atoms with E-state index in [1.807, 2.05) is 12.4 Å². The van der Waals surface area contributed by atoms with Crippen molar-refractivity contribution in [1.82, 2.24) is 25.1 Å². The molecule has 0 aliphatic rings. The summed E-state index contributed by atoms with van der Waals surface area (Å²) in [6, 6.07) is 21.7. The molecular weight excluding hydrogens is 486 g/mol. The predicted molar refractivity (Wildman–Crippen MR) is 162 cm³/mol. The van der Waals surface area contributed by atoms with Crippen LogP contribution in [0.1, 0.15) is 23.8 Å². The highest BCUT2D eigenvalue weighted by molar-refractivity contribution is 7.16. The maximum absolute atomic E-state index is 4.71. The zero-order chi connectivity index (χ0) is 26.2. The highest BCUT2D eigenvalue weighted by atomic mass is 32.1. The Hall–Kier alpha value is -4.00. The average molecular weight is 518 g/mol. The van der Waals surface area contributed by atoms with Crippen LogP contribution in [0.5, 0.6) is 0 Å². The van der Waals surface area contributed by atoms with E-state index in [9.17, 15) is 0 Å². The number of aromatic nitrogens is 4. The second-order valence-corrected chi connectivity index (χ2v) is 11.3. The van der Waals surface area contributed by atoms with Crippen LogP contribution in [0.2, 0.25) is 0 Å². The number of aryl methyl sites for hydroxylation is 1. The highest BCUT2D eigenvalue weighted by Crippen LogP contribution is 2.38. The topological polar surface area (TPSA) is 60.6 Å². The number of thiophene rings is 1. The molecule has 2 N–H and O–H groups in total. The molecule has 0 bridgehead atoms. The van der Waals surface area contributed by atoms with Gasteiger partial charge in [0.25, 0.3) is 0 Å². The van der Waals surface area contributed by atoms with Crippen LogP contribution >= 0.6 is 11.3 Å².